The Hall–Kier alpha value is -1.84. The van der Waals surface area contributed by atoms with Gasteiger partial charge in [0.15, 0.2) is 0 Å². The first-order chi connectivity index (χ1) is 11.6. The summed E-state index contributed by atoms with van der Waals surface area (Å²) in [7, 11) is 0. The third-order valence-electron chi connectivity index (χ3n) is 4.07. The van der Waals surface area contributed by atoms with Gasteiger partial charge in [-0.15, -0.1) is 0 Å². The van der Waals surface area contributed by atoms with Crippen LogP contribution in [0.5, 0.6) is 5.75 Å². The Bertz CT molecular complexity index is 960. The molecule has 0 bridgehead atoms. The molecule has 1 heterocycles. The van der Waals surface area contributed by atoms with Gasteiger partial charge in [-0.3, -0.25) is 0 Å². The lowest BCUT2D eigenvalue weighted by Crippen LogP contribution is -1.97. The highest BCUT2D eigenvalue weighted by Crippen LogP contribution is 2.36. The number of hydrogen-bond acceptors (Lipinski definition) is 3. The molecule has 2 aromatic carbocycles. The van der Waals surface area contributed by atoms with Crippen LogP contribution in [0, 0.1) is 11.4 Å². The minimum atomic E-state index is 0.621. The lowest BCUT2D eigenvalue weighted by molar-refractivity contribution is 0.336. The van der Waals surface area contributed by atoms with Gasteiger partial charge in [0.25, 0.3) is 0 Å². The first-order valence-electron chi connectivity index (χ1n) is 8.04. The summed E-state index contributed by atoms with van der Waals surface area (Å²) in [6.45, 7) is 6.62. The van der Waals surface area contributed by atoms with Gasteiger partial charge in [-0.05, 0) is 38.0 Å². The molecule has 0 atom stereocenters. The molecule has 2 nitrogen and oxygen atoms in total. The molecule has 3 rings (SSSR count). The zero-order valence-corrected chi connectivity index (χ0v) is 15.6. The number of hydrogen-bond donors (Lipinski definition) is 0. The predicted molar refractivity (Wildman–Crippen MR) is 103 cm³/mol. The maximum absolute atomic E-state index is 6.37. The second-order valence-electron chi connectivity index (χ2n) is 5.58. The van der Waals surface area contributed by atoms with E-state index in [-0.39, 0.29) is 0 Å². The van der Waals surface area contributed by atoms with E-state index in [1.165, 1.54) is 0 Å². The number of halogens is 1. The summed E-state index contributed by atoms with van der Waals surface area (Å²) in [5.41, 5.74) is 3.65. The number of aryl methyl sites for hydroxylation is 2. The third kappa shape index (κ3) is 2.94. The monoisotopic (exact) mass is 358 g/mol. The second kappa shape index (κ2) is 6.96. The van der Waals surface area contributed by atoms with E-state index in [9.17, 15) is 0 Å². The largest absolute Gasteiger partial charge is 0.493 e. The van der Waals surface area contributed by atoms with Crippen LogP contribution in [0.3, 0.4) is 0 Å². The molecular formula is C20H19ClO2S. The molecule has 0 N–H and O–H groups in total. The van der Waals surface area contributed by atoms with Crippen molar-refractivity contribution in [3.8, 4) is 16.9 Å². The molecule has 0 radical (unpaired) electrons. The van der Waals surface area contributed by atoms with Crippen LogP contribution in [0.2, 0.25) is 5.02 Å². The molecule has 4 heteroatoms. The molecular weight excluding hydrogens is 340 g/mol. The molecule has 1 aromatic heterocycles. The van der Waals surface area contributed by atoms with E-state index in [1.54, 1.807) is 0 Å². The molecule has 0 amide bonds. The van der Waals surface area contributed by atoms with Crippen molar-refractivity contribution < 1.29 is 9.15 Å². The van der Waals surface area contributed by atoms with E-state index in [0.717, 1.165) is 50.1 Å². The van der Waals surface area contributed by atoms with Crippen molar-refractivity contribution in [1.82, 2.24) is 0 Å². The summed E-state index contributed by atoms with van der Waals surface area (Å²) in [5.74, 6) is 1.61. The zero-order valence-electron chi connectivity index (χ0n) is 14.0. The molecule has 3 aromatic rings. The summed E-state index contributed by atoms with van der Waals surface area (Å²) >= 11 is 12.1. The van der Waals surface area contributed by atoms with Gasteiger partial charge in [0, 0.05) is 27.6 Å². The van der Waals surface area contributed by atoms with Gasteiger partial charge in [-0.1, -0.05) is 48.9 Å². The van der Waals surface area contributed by atoms with Crippen LogP contribution in [-0.2, 0) is 6.42 Å². The van der Waals surface area contributed by atoms with Crippen molar-refractivity contribution >= 4 is 34.8 Å². The Morgan fingerprint density at radius 3 is 2.58 bits per heavy atom. The van der Waals surface area contributed by atoms with Gasteiger partial charge in [0.1, 0.15) is 17.1 Å². The van der Waals surface area contributed by atoms with Crippen LogP contribution in [0.15, 0.2) is 40.8 Å². The van der Waals surface area contributed by atoms with E-state index in [1.807, 2.05) is 44.2 Å². The number of ether oxygens (including phenoxy) is 1. The smallest absolute Gasteiger partial charge is 0.139 e. The molecule has 0 saturated carbocycles. The molecule has 0 aliphatic heterocycles. The van der Waals surface area contributed by atoms with Crippen molar-refractivity contribution in [1.29, 1.82) is 0 Å². The van der Waals surface area contributed by atoms with Crippen LogP contribution in [0.4, 0.5) is 0 Å². The number of rotatable bonds is 4. The topological polar surface area (TPSA) is 22.4 Å². The SMILES string of the molecule is CCOc1cc2oc(C)c(-c3ccccc3Cl)c(=S)c2cc1CC. The molecule has 0 unspecified atom stereocenters. The first-order valence-corrected chi connectivity index (χ1v) is 8.83. The summed E-state index contributed by atoms with van der Waals surface area (Å²) in [5, 5.41) is 1.59. The van der Waals surface area contributed by atoms with Gasteiger partial charge in [-0.25, -0.2) is 0 Å². The Labute approximate surface area is 152 Å². The Morgan fingerprint density at radius 2 is 1.92 bits per heavy atom. The van der Waals surface area contributed by atoms with Crippen LogP contribution in [0.1, 0.15) is 25.2 Å². The van der Waals surface area contributed by atoms with Gasteiger partial charge < -0.3 is 9.15 Å². The van der Waals surface area contributed by atoms with E-state index in [0.29, 0.717) is 11.6 Å². The highest BCUT2D eigenvalue weighted by Gasteiger charge is 2.15. The minimum absolute atomic E-state index is 0.621. The Balaban J connectivity index is 2.33. The third-order valence-corrected chi connectivity index (χ3v) is 4.83. The fourth-order valence-corrected chi connectivity index (χ4v) is 3.56. The van der Waals surface area contributed by atoms with Crippen LogP contribution >= 0.6 is 23.8 Å². The molecule has 0 saturated heterocycles. The van der Waals surface area contributed by atoms with Crippen LogP contribution in [0.25, 0.3) is 22.1 Å². The molecule has 0 spiro atoms. The maximum Gasteiger partial charge on any atom is 0.139 e. The second-order valence-corrected chi connectivity index (χ2v) is 6.40. The van der Waals surface area contributed by atoms with Crippen molar-refractivity contribution in [3.63, 3.8) is 0 Å². The fourth-order valence-electron chi connectivity index (χ4n) is 2.92. The standard InChI is InChI=1S/C20H19ClO2S/c1-4-13-10-15-18(11-17(13)22-5-2)23-12(3)19(20(15)24)14-8-6-7-9-16(14)21/h6-11H,4-5H2,1-3H3. The first kappa shape index (κ1) is 17.0. The van der Waals surface area contributed by atoms with Crippen molar-refractivity contribution in [2.75, 3.05) is 6.61 Å². The van der Waals surface area contributed by atoms with E-state index in [4.69, 9.17) is 33.0 Å². The predicted octanol–water partition coefficient (Wildman–Crippen LogP) is 6.75. The summed E-state index contributed by atoms with van der Waals surface area (Å²) < 4.78 is 12.6. The van der Waals surface area contributed by atoms with Gasteiger partial charge in [-0.2, -0.15) is 0 Å². The van der Waals surface area contributed by atoms with Crippen LogP contribution in [-0.4, -0.2) is 6.61 Å². The van der Waals surface area contributed by atoms with Gasteiger partial charge >= 0.3 is 0 Å². The molecule has 0 aliphatic rings. The van der Waals surface area contributed by atoms with Crippen molar-refractivity contribution in [2.45, 2.75) is 27.2 Å². The van der Waals surface area contributed by atoms with Gasteiger partial charge in [0.05, 0.1) is 11.1 Å². The average molecular weight is 359 g/mol. The molecule has 24 heavy (non-hydrogen) atoms. The normalized spacial score (nSPS) is 11.0. The highest BCUT2D eigenvalue weighted by molar-refractivity contribution is 7.71. The Morgan fingerprint density at radius 1 is 1.17 bits per heavy atom. The number of fused-ring (bicyclic) bond motifs is 1. The fraction of sp³-hybridized carbons (Fsp3) is 0.250. The molecule has 0 fully saturated rings. The number of benzene rings is 2. The summed E-state index contributed by atoms with van der Waals surface area (Å²) in [6.07, 6.45) is 0.870. The average Bonchev–Trinajstić information content (AvgIpc) is 2.56. The lowest BCUT2D eigenvalue weighted by atomic mass is 10.0. The van der Waals surface area contributed by atoms with Gasteiger partial charge in [0.2, 0.25) is 0 Å². The van der Waals surface area contributed by atoms with E-state index in [2.05, 4.69) is 13.0 Å². The van der Waals surface area contributed by atoms with Crippen molar-refractivity contribution in [2.24, 2.45) is 0 Å². The zero-order chi connectivity index (χ0) is 17.3. The highest BCUT2D eigenvalue weighted by atomic mass is 35.5. The maximum atomic E-state index is 6.37. The molecule has 124 valence electrons. The van der Waals surface area contributed by atoms with E-state index < -0.39 is 0 Å². The van der Waals surface area contributed by atoms with E-state index >= 15 is 0 Å². The molecule has 0 aliphatic carbocycles. The quantitative estimate of drug-likeness (QED) is 0.481. The van der Waals surface area contributed by atoms with Crippen molar-refractivity contribution in [3.05, 3.63) is 57.3 Å². The van der Waals surface area contributed by atoms with Crippen LogP contribution < -0.4 is 4.74 Å². The lowest BCUT2D eigenvalue weighted by Gasteiger charge is -2.13. The summed E-state index contributed by atoms with van der Waals surface area (Å²) in [6, 6.07) is 11.7. The minimum Gasteiger partial charge on any atom is -0.493 e. The summed E-state index contributed by atoms with van der Waals surface area (Å²) in [4.78, 5) is 0. The Kier molecular flexibility index (Phi) is 4.93.